The van der Waals surface area contributed by atoms with Crippen LogP contribution < -0.4 is 5.56 Å². The van der Waals surface area contributed by atoms with Crippen LogP contribution in [0, 0.1) is 0 Å². The number of ether oxygens (including phenoxy) is 1. The van der Waals surface area contributed by atoms with Gasteiger partial charge >= 0.3 is 11.9 Å². The highest BCUT2D eigenvalue weighted by atomic mass is 19.3. The minimum Gasteiger partial charge on any atom is -0.461 e. The topological polar surface area (TPSA) is 61.2 Å². The summed E-state index contributed by atoms with van der Waals surface area (Å²) in [5.74, 6) is -5.53. The summed E-state index contributed by atoms with van der Waals surface area (Å²) in [6.45, 7) is 1.27. The van der Waals surface area contributed by atoms with E-state index in [-0.39, 0.29) is 6.61 Å². The van der Waals surface area contributed by atoms with Crippen molar-refractivity contribution in [3.05, 3.63) is 28.2 Å². The van der Waals surface area contributed by atoms with Crippen molar-refractivity contribution in [3.63, 3.8) is 0 Å². The summed E-state index contributed by atoms with van der Waals surface area (Å²) >= 11 is 0. The number of rotatable bonds is 3. The van der Waals surface area contributed by atoms with Crippen LogP contribution in [0.1, 0.15) is 12.6 Å². The van der Waals surface area contributed by atoms with Gasteiger partial charge in [0.15, 0.2) is 0 Å². The molecule has 0 aromatic carbocycles. The highest BCUT2D eigenvalue weighted by Gasteiger charge is 2.44. The van der Waals surface area contributed by atoms with Crippen molar-refractivity contribution in [3.8, 4) is 0 Å². The molecule has 0 aliphatic heterocycles. The molecule has 1 aromatic rings. The number of hydrogen-bond acceptors (Lipinski definition) is 4. The Hall–Kier alpha value is -1.79. The predicted octanol–water partition coefficient (Wildman–Crippen LogP) is 0.435. The Balaban J connectivity index is 3.11. The standard InChI is InChI=1S/C9H10F2N2O3/c1-3-16-8(15)9(10,11)6-4-5-7(14)13(2)12-6/h4-5H,3H2,1-2H3. The number of carbonyl (C=O) groups is 1. The number of alkyl halides is 2. The molecule has 5 nitrogen and oxygen atoms in total. The lowest BCUT2D eigenvalue weighted by Gasteiger charge is -2.13. The van der Waals surface area contributed by atoms with E-state index in [4.69, 9.17) is 0 Å². The van der Waals surface area contributed by atoms with Gasteiger partial charge in [-0.2, -0.15) is 13.9 Å². The van der Waals surface area contributed by atoms with Crippen molar-refractivity contribution in [1.29, 1.82) is 0 Å². The molecule has 0 N–H and O–H groups in total. The van der Waals surface area contributed by atoms with E-state index in [0.717, 1.165) is 16.8 Å². The number of aryl methyl sites for hydroxylation is 1. The van der Waals surface area contributed by atoms with Gasteiger partial charge in [-0.1, -0.05) is 0 Å². The van der Waals surface area contributed by atoms with Gasteiger partial charge in [0.2, 0.25) is 0 Å². The van der Waals surface area contributed by atoms with Crippen molar-refractivity contribution < 1.29 is 18.3 Å². The molecule has 16 heavy (non-hydrogen) atoms. The fourth-order valence-electron chi connectivity index (χ4n) is 0.996. The van der Waals surface area contributed by atoms with Crippen molar-refractivity contribution in [2.45, 2.75) is 12.8 Å². The van der Waals surface area contributed by atoms with E-state index in [9.17, 15) is 18.4 Å². The maximum atomic E-state index is 13.4. The molecular formula is C9H10F2N2O3. The molecule has 0 unspecified atom stereocenters. The van der Waals surface area contributed by atoms with E-state index in [1.54, 1.807) is 0 Å². The fraction of sp³-hybridized carbons (Fsp3) is 0.444. The third kappa shape index (κ3) is 2.23. The van der Waals surface area contributed by atoms with E-state index < -0.39 is 23.1 Å². The summed E-state index contributed by atoms with van der Waals surface area (Å²) in [6, 6.07) is 1.72. The summed E-state index contributed by atoms with van der Waals surface area (Å²) in [6.07, 6.45) is 0. The first-order valence-corrected chi connectivity index (χ1v) is 4.49. The normalized spacial score (nSPS) is 11.2. The van der Waals surface area contributed by atoms with Crippen LogP contribution in [0.15, 0.2) is 16.9 Å². The van der Waals surface area contributed by atoms with Crippen molar-refractivity contribution >= 4 is 5.97 Å². The molecule has 1 rings (SSSR count). The van der Waals surface area contributed by atoms with Crippen LogP contribution in [0.5, 0.6) is 0 Å². The Morgan fingerprint density at radius 2 is 2.19 bits per heavy atom. The monoisotopic (exact) mass is 232 g/mol. The van der Waals surface area contributed by atoms with Gasteiger partial charge < -0.3 is 4.74 Å². The number of esters is 1. The van der Waals surface area contributed by atoms with E-state index in [0.29, 0.717) is 0 Å². The van der Waals surface area contributed by atoms with Crippen LogP contribution in [0.25, 0.3) is 0 Å². The summed E-state index contributed by atoms with van der Waals surface area (Å²) < 4.78 is 31.7. The Kier molecular flexibility index (Phi) is 3.36. The zero-order valence-corrected chi connectivity index (χ0v) is 8.74. The minimum absolute atomic E-state index is 0.153. The molecule has 0 saturated heterocycles. The molecule has 0 aliphatic rings. The number of hydrogen-bond donors (Lipinski definition) is 0. The van der Waals surface area contributed by atoms with Gasteiger partial charge in [-0.25, -0.2) is 9.48 Å². The molecule has 0 aliphatic carbocycles. The lowest BCUT2D eigenvalue weighted by Crippen LogP contribution is -2.32. The lowest BCUT2D eigenvalue weighted by atomic mass is 10.2. The van der Waals surface area contributed by atoms with Gasteiger partial charge in [0.05, 0.1) is 6.61 Å². The van der Waals surface area contributed by atoms with Crippen LogP contribution in [0.2, 0.25) is 0 Å². The zero-order chi connectivity index (χ0) is 12.3. The van der Waals surface area contributed by atoms with E-state index in [1.807, 2.05) is 0 Å². The molecule has 1 aromatic heterocycles. The Bertz CT molecular complexity index is 456. The average Bonchev–Trinajstić information content (AvgIpc) is 2.22. The van der Waals surface area contributed by atoms with E-state index >= 15 is 0 Å². The van der Waals surface area contributed by atoms with E-state index in [2.05, 4.69) is 9.84 Å². The summed E-state index contributed by atoms with van der Waals surface area (Å²) in [5.41, 5.74) is -1.35. The van der Waals surface area contributed by atoms with Crippen LogP contribution in [0.3, 0.4) is 0 Å². The predicted molar refractivity (Wildman–Crippen MR) is 50.0 cm³/mol. The molecule has 0 spiro atoms. The number of halogens is 2. The molecule has 0 atom stereocenters. The molecule has 1 heterocycles. The van der Waals surface area contributed by atoms with Crippen LogP contribution >= 0.6 is 0 Å². The lowest BCUT2D eigenvalue weighted by molar-refractivity contribution is -0.173. The van der Waals surface area contributed by atoms with Gasteiger partial charge in [0.1, 0.15) is 5.69 Å². The Morgan fingerprint density at radius 3 is 2.69 bits per heavy atom. The van der Waals surface area contributed by atoms with Gasteiger partial charge in [0, 0.05) is 13.1 Å². The second-order valence-electron chi connectivity index (χ2n) is 2.98. The molecule has 0 radical (unpaired) electrons. The van der Waals surface area contributed by atoms with Gasteiger partial charge in [0.25, 0.3) is 5.56 Å². The Morgan fingerprint density at radius 1 is 1.56 bits per heavy atom. The maximum absolute atomic E-state index is 13.4. The van der Waals surface area contributed by atoms with E-state index in [1.165, 1.54) is 14.0 Å². The molecule has 0 amide bonds. The molecule has 0 fully saturated rings. The van der Waals surface area contributed by atoms with Crippen LogP contribution in [-0.2, 0) is 22.5 Å². The van der Waals surface area contributed by atoms with Crippen molar-refractivity contribution in [2.75, 3.05) is 6.61 Å². The quantitative estimate of drug-likeness (QED) is 0.709. The first-order chi connectivity index (χ1) is 7.39. The van der Waals surface area contributed by atoms with Gasteiger partial charge in [-0.3, -0.25) is 4.79 Å². The molecular weight excluding hydrogens is 222 g/mol. The molecule has 0 bridgehead atoms. The number of nitrogens with zero attached hydrogens (tertiary/aromatic N) is 2. The molecule has 0 saturated carbocycles. The molecule has 7 heteroatoms. The summed E-state index contributed by atoms with van der Waals surface area (Å²) in [4.78, 5) is 21.9. The smallest absolute Gasteiger partial charge is 0.386 e. The van der Waals surface area contributed by atoms with Gasteiger partial charge in [-0.05, 0) is 13.0 Å². The van der Waals surface area contributed by atoms with Crippen LogP contribution in [0.4, 0.5) is 8.78 Å². The SMILES string of the molecule is CCOC(=O)C(F)(F)c1ccc(=O)n(C)n1. The first kappa shape index (κ1) is 12.3. The third-order valence-electron chi connectivity index (χ3n) is 1.81. The van der Waals surface area contributed by atoms with Gasteiger partial charge in [-0.15, -0.1) is 0 Å². The second kappa shape index (κ2) is 4.38. The third-order valence-corrected chi connectivity index (χ3v) is 1.81. The minimum atomic E-state index is -3.85. The number of carbonyl (C=O) groups excluding carboxylic acids is 1. The zero-order valence-electron chi connectivity index (χ0n) is 8.74. The van der Waals surface area contributed by atoms with Crippen LogP contribution in [-0.4, -0.2) is 22.4 Å². The largest absolute Gasteiger partial charge is 0.461 e. The number of aromatic nitrogens is 2. The fourth-order valence-corrected chi connectivity index (χ4v) is 0.996. The summed E-state index contributed by atoms with van der Waals surface area (Å²) in [5, 5.41) is 3.30. The first-order valence-electron chi connectivity index (χ1n) is 4.49. The highest BCUT2D eigenvalue weighted by molar-refractivity contribution is 5.78. The van der Waals surface area contributed by atoms with Crippen molar-refractivity contribution in [2.24, 2.45) is 7.05 Å². The molecule has 88 valence electrons. The Labute approximate surface area is 89.6 Å². The average molecular weight is 232 g/mol. The second-order valence-corrected chi connectivity index (χ2v) is 2.98. The summed E-state index contributed by atoms with van der Waals surface area (Å²) in [7, 11) is 1.22. The highest BCUT2D eigenvalue weighted by Crippen LogP contribution is 2.26. The van der Waals surface area contributed by atoms with Crippen molar-refractivity contribution in [1.82, 2.24) is 9.78 Å². The maximum Gasteiger partial charge on any atom is 0.386 e.